The number of para-hydroxylation sites is 1. The average molecular weight is 479 g/mol. The molecule has 1 aliphatic rings. The predicted octanol–water partition coefficient (Wildman–Crippen LogP) is 4.32. The number of furan rings is 1. The van der Waals surface area contributed by atoms with Gasteiger partial charge in [0.05, 0.1) is 3.57 Å². The number of hydrogen-bond acceptors (Lipinski definition) is 5. The van der Waals surface area contributed by atoms with Gasteiger partial charge in [0.25, 0.3) is 11.1 Å². The van der Waals surface area contributed by atoms with Crippen molar-refractivity contribution in [2.45, 2.75) is 13.8 Å². The molecule has 26 heavy (non-hydrogen) atoms. The SMILES string of the molecule is C/C(=C1\OC(=S)N(CO)C1=O)c1cc(C)c2oc3c(I)cccc3c2c1. The maximum atomic E-state index is 12.4. The first-order chi connectivity index (χ1) is 12.4. The first-order valence-corrected chi connectivity index (χ1v) is 9.38. The molecule has 2 heterocycles. The van der Waals surface area contributed by atoms with Crippen molar-refractivity contribution < 1.29 is 19.1 Å². The van der Waals surface area contributed by atoms with Gasteiger partial charge in [-0.1, -0.05) is 12.1 Å². The van der Waals surface area contributed by atoms with Crippen LogP contribution >= 0.6 is 34.8 Å². The van der Waals surface area contributed by atoms with Crippen molar-refractivity contribution in [1.29, 1.82) is 0 Å². The van der Waals surface area contributed by atoms with Crippen LogP contribution in [0.2, 0.25) is 0 Å². The summed E-state index contributed by atoms with van der Waals surface area (Å²) < 4.78 is 12.5. The second-order valence-corrected chi connectivity index (χ2v) is 7.60. The Hall–Kier alpha value is -1.97. The van der Waals surface area contributed by atoms with Crippen molar-refractivity contribution in [2.75, 3.05) is 6.73 Å². The molecule has 0 spiro atoms. The molecule has 0 atom stereocenters. The van der Waals surface area contributed by atoms with Crippen LogP contribution in [0.25, 0.3) is 27.5 Å². The van der Waals surface area contributed by atoms with Gasteiger partial charge in [-0.15, -0.1) is 0 Å². The lowest BCUT2D eigenvalue weighted by atomic mass is 10.00. The summed E-state index contributed by atoms with van der Waals surface area (Å²) in [6.45, 7) is 3.28. The highest BCUT2D eigenvalue weighted by atomic mass is 127. The number of fused-ring (bicyclic) bond motifs is 3. The molecular weight excluding hydrogens is 465 g/mol. The highest BCUT2D eigenvalue weighted by Gasteiger charge is 2.34. The number of allylic oxidation sites excluding steroid dienone is 1. The van der Waals surface area contributed by atoms with Gasteiger partial charge in [-0.2, -0.15) is 0 Å². The summed E-state index contributed by atoms with van der Waals surface area (Å²) in [6, 6.07) is 9.97. The van der Waals surface area contributed by atoms with Crippen molar-refractivity contribution in [3.63, 3.8) is 0 Å². The zero-order valence-corrected chi connectivity index (χ0v) is 17.0. The van der Waals surface area contributed by atoms with Gasteiger partial charge in [-0.3, -0.25) is 4.79 Å². The quantitative estimate of drug-likeness (QED) is 0.337. The van der Waals surface area contributed by atoms with Crippen LogP contribution in [0.1, 0.15) is 18.1 Å². The molecule has 1 saturated heterocycles. The molecule has 1 amide bonds. The van der Waals surface area contributed by atoms with Gasteiger partial charge in [-0.05, 0) is 78.0 Å². The molecule has 1 aromatic heterocycles. The van der Waals surface area contributed by atoms with Gasteiger partial charge in [0, 0.05) is 16.3 Å². The predicted molar refractivity (Wildman–Crippen MR) is 111 cm³/mol. The largest absolute Gasteiger partial charge is 0.455 e. The van der Waals surface area contributed by atoms with Crippen LogP contribution in [-0.2, 0) is 9.53 Å². The number of aryl methyl sites for hydroxylation is 1. The molecule has 0 aliphatic carbocycles. The van der Waals surface area contributed by atoms with E-state index >= 15 is 0 Å². The summed E-state index contributed by atoms with van der Waals surface area (Å²) in [6.07, 6.45) is 0. The molecular formula is C19H14INO4S. The minimum atomic E-state index is -0.503. The van der Waals surface area contributed by atoms with E-state index in [1.807, 2.05) is 44.2 Å². The molecule has 5 nitrogen and oxygen atoms in total. The fourth-order valence-electron chi connectivity index (χ4n) is 3.13. The monoisotopic (exact) mass is 479 g/mol. The number of amides is 1. The van der Waals surface area contributed by atoms with Crippen molar-refractivity contribution >= 4 is 73.4 Å². The molecule has 0 saturated carbocycles. The number of carbonyl (C=O) groups is 1. The van der Waals surface area contributed by atoms with Crippen LogP contribution in [0.5, 0.6) is 0 Å². The highest BCUT2D eigenvalue weighted by molar-refractivity contribution is 14.1. The number of hydrogen-bond donors (Lipinski definition) is 1. The molecule has 1 aliphatic heterocycles. The molecule has 3 aromatic rings. The Morgan fingerprint density at radius 1 is 1.27 bits per heavy atom. The Morgan fingerprint density at radius 2 is 2.04 bits per heavy atom. The smallest absolute Gasteiger partial charge is 0.299 e. The Balaban J connectivity index is 1.94. The van der Waals surface area contributed by atoms with Gasteiger partial charge in [0.2, 0.25) is 0 Å². The summed E-state index contributed by atoms with van der Waals surface area (Å²) in [7, 11) is 0. The number of rotatable bonds is 2. The van der Waals surface area contributed by atoms with E-state index in [-0.39, 0.29) is 10.9 Å². The molecule has 1 N–H and O–H groups in total. The number of aliphatic hydroxyl groups excluding tert-OH is 1. The van der Waals surface area contributed by atoms with Gasteiger partial charge in [-0.25, -0.2) is 4.90 Å². The maximum Gasteiger partial charge on any atom is 0.299 e. The van der Waals surface area contributed by atoms with Crippen LogP contribution in [0.4, 0.5) is 0 Å². The number of nitrogens with zero attached hydrogens (tertiary/aromatic N) is 1. The van der Waals surface area contributed by atoms with E-state index < -0.39 is 12.6 Å². The van der Waals surface area contributed by atoms with E-state index in [0.29, 0.717) is 5.57 Å². The third-order valence-electron chi connectivity index (χ3n) is 4.50. The zero-order chi connectivity index (χ0) is 18.6. The topological polar surface area (TPSA) is 62.9 Å². The van der Waals surface area contributed by atoms with E-state index in [4.69, 9.17) is 21.4 Å². The van der Waals surface area contributed by atoms with Crippen molar-refractivity contribution in [2.24, 2.45) is 0 Å². The number of carbonyl (C=O) groups excluding carboxylic acids is 1. The Morgan fingerprint density at radius 3 is 2.73 bits per heavy atom. The lowest BCUT2D eigenvalue weighted by Gasteiger charge is -2.07. The van der Waals surface area contributed by atoms with Gasteiger partial charge in [0.15, 0.2) is 5.76 Å². The van der Waals surface area contributed by atoms with E-state index in [2.05, 4.69) is 22.6 Å². The number of benzene rings is 2. The number of thiocarbonyl (C=S) groups is 1. The summed E-state index contributed by atoms with van der Waals surface area (Å²) in [5.74, 6) is -0.287. The Kier molecular flexibility index (Phi) is 4.25. The van der Waals surface area contributed by atoms with Crippen LogP contribution in [0.3, 0.4) is 0 Å². The standard InChI is InChI=1S/C19H14INO4S/c1-9-6-11(10(2)16-18(23)21(8-22)19(26)25-16)7-13-12-4-3-5-14(20)17(12)24-15(9)13/h3-7,22H,8H2,1-2H3/b16-10+. The average Bonchev–Trinajstić information content (AvgIpc) is 3.13. The summed E-state index contributed by atoms with van der Waals surface area (Å²) in [5.41, 5.74) is 4.17. The second kappa shape index (κ2) is 6.33. The van der Waals surface area contributed by atoms with E-state index in [0.717, 1.165) is 41.5 Å². The molecule has 0 unspecified atom stereocenters. The fraction of sp³-hybridized carbons (Fsp3) is 0.158. The molecule has 4 rings (SSSR count). The third-order valence-corrected chi connectivity index (χ3v) is 5.65. The summed E-state index contributed by atoms with van der Waals surface area (Å²) in [5, 5.41) is 11.3. The third kappa shape index (κ3) is 2.53. The highest BCUT2D eigenvalue weighted by Crippen LogP contribution is 2.36. The second-order valence-electron chi connectivity index (χ2n) is 6.09. The van der Waals surface area contributed by atoms with Gasteiger partial charge in [0.1, 0.15) is 17.9 Å². The lowest BCUT2D eigenvalue weighted by Crippen LogP contribution is -2.29. The minimum Gasteiger partial charge on any atom is -0.455 e. The molecule has 0 bridgehead atoms. The van der Waals surface area contributed by atoms with Crippen LogP contribution in [0, 0.1) is 10.5 Å². The van der Waals surface area contributed by atoms with Crippen LogP contribution < -0.4 is 0 Å². The first kappa shape index (κ1) is 17.4. The lowest BCUT2D eigenvalue weighted by molar-refractivity contribution is -0.125. The normalized spacial score (nSPS) is 16.7. The Bertz CT molecular complexity index is 1130. The maximum absolute atomic E-state index is 12.4. The van der Waals surface area contributed by atoms with Crippen molar-refractivity contribution in [3.8, 4) is 0 Å². The molecule has 132 valence electrons. The van der Waals surface area contributed by atoms with E-state index in [9.17, 15) is 9.90 Å². The van der Waals surface area contributed by atoms with Crippen molar-refractivity contribution in [1.82, 2.24) is 4.90 Å². The first-order valence-electron chi connectivity index (χ1n) is 7.89. The summed E-state index contributed by atoms with van der Waals surface area (Å²) >= 11 is 7.26. The van der Waals surface area contributed by atoms with Crippen LogP contribution in [0.15, 0.2) is 40.5 Å². The molecule has 7 heteroatoms. The van der Waals surface area contributed by atoms with E-state index in [1.165, 1.54) is 0 Å². The van der Waals surface area contributed by atoms with E-state index in [1.54, 1.807) is 0 Å². The zero-order valence-electron chi connectivity index (χ0n) is 14.0. The van der Waals surface area contributed by atoms with Gasteiger partial charge >= 0.3 is 0 Å². The molecule has 1 fully saturated rings. The number of aliphatic hydroxyl groups is 1. The minimum absolute atomic E-state index is 0.0343. The van der Waals surface area contributed by atoms with Gasteiger partial charge < -0.3 is 14.3 Å². The Labute approximate surface area is 168 Å². The van der Waals surface area contributed by atoms with Crippen molar-refractivity contribution in [3.05, 3.63) is 50.8 Å². The molecule has 2 aromatic carbocycles. The number of halogens is 1. The summed E-state index contributed by atoms with van der Waals surface area (Å²) in [4.78, 5) is 13.4. The fourth-order valence-corrected chi connectivity index (χ4v) is 3.97. The van der Waals surface area contributed by atoms with Crippen LogP contribution in [-0.4, -0.2) is 27.8 Å². The molecule has 0 radical (unpaired) electrons. The number of ether oxygens (including phenoxy) is 1.